The molecule has 1 aromatic heterocycles. The lowest BCUT2D eigenvalue weighted by atomic mass is 10.1. The molecule has 0 aliphatic carbocycles. The van der Waals surface area contributed by atoms with Crippen LogP contribution in [0.4, 0.5) is 4.79 Å². The zero-order chi connectivity index (χ0) is 25.9. The summed E-state index contributed by atoms with van der Waals surface area (Å²) in [5.74, 6) is -0.218. The van der Waals surface area contributed by atoms with Gasteiger partial charge in [0.1, 0.15) is 12.1 Å². The molecule has 0 bridgehead atoms. The van der Waals surface area contributed by atoms with E-state index in [1.165, 1.54) is 6.26 Å². The summed E-state index contributed by atoms with van der Waals surface area (Å²) in [7, 11) is 0. The third-order valence-electron chi connectivity index (χ3n) is 6.13. The van der Waals surface area contributed by atoms with Crippen molar-refractivity contribution < 1.29 is 14.0 Å². The fraction of sp³-hybridized carbons (Fsp3) is 0.414. The number of benzene rings is 2. The number of hydrogen-bond donors (Lipinski definition) is 1. The highest BCUT2D eigenvalue weighted by Gasteiger charge is 2.23. The van der Waals surface area contributed by atoms with Crippen LogP contribution in [0.2, 0.25) is 0 Å². The minimum atomic E-state index is -0.231. The summed E-state index contributed by atoms with van der Waals surface area (Å²) in [5.41, 5.74) is 2.69. The Morgan fingerprint density at radius 3 is 2.42 bits per heavy atom. The fourth-order valence-electron chi connectivity index (χ4n) is 3.98. The smallest absolute Gasteiger partial charge is 0.317 e. The quantitative estimate of drug-likeness (QED) is 0.351. The molecule has 0 aliphatic rings. The molecule has 1 heterocycles. The summed E-state index contributed by atoms with van der Waals surface area (Å²) in [6.45, 7) is 7.49. The predicted molar refractivity (Wildman–Crippen MR) is 143 cm³/mol. The molecule has 192 valence electrons. The predicted octanol–water partition coefficient (Wildman–Crippen LogP) is 5.24. The number of amides is 3. The van der Waals surface area contributed by atoms with Crippen molar-refractivity contribution >= 4 is 22.9 Å². The molecule has 3 aromatic rings. The van der Waals surface area contributed by atoms with E-state index in [1.54, 1.807) is 21.9 Å². The largest absolute Gasteiger partial charge is 0.464 e. The van der Waals surface area contributed by atoms with Crippen molar-refractivity contribution in [2.45, 2.75) is 59.5 Å². The van der Waals surface area contributed by atoms with Gasteiger partial charge in [0.05, 0.1) is 23.8 Å². The molecule has 36 heavy (non-hydrogen) atoms. The maximum atomic E-state index is 13.6. The number of fused-ring (bicyclic) bond motifs is 1. The van der Waals surface area contributed by atoms with Crippen molar-refractivity contribution in [2.75, 3.05) is 19.6 Å². The van der Waals surface area contributed by atoms with Crippen molar-refractivity contribution in [1.82, 2.24) is 15.1 Å². The number of nitrogens with one attached hydrogen (secondary N) is 1. The highest BCUT2D eigenvalue weighted by atomic mass is 16.3. The molecule has 0 spiro atoms. The standard InChI is InChI=1S/C29H37N3O4/c1-4-6-15-30-29(35)31(16-7-5-2)20-27(33)32(18-23-11-9-8-10-12-23)19-24-21-36-26-14-13-22(3)17-25(26)28(24)34/h8-14,17,21H,4-7,15-16,18-20H2,1-3H3,(H,30,35). The Hall–Kier alpha value is -3.61. The third kappa shape index (κ3) is 7.44. The number of hydrogen-bond acceptors (Lipinski definition) is 4. The van der Waals surface area contributed by atoms with Gasteiger partial charge in [0.25, 0.3) is 0 Å². The minimum Gasteiger partial charge on any atom is -0.464 e. The van der Waals surface area contributed by atoms with Gasteiger partial charge < -0.3 is 19.5 Å². The first-order chi connectivity index (χ1) is 17.4. The van der Waals surface area contributed by atoms with Crippen LogP contribution in [0.5, 0.6) is 0 Å². The highest BCUT2D eigenvalue weighted by Crippen LogP contribution is 2.16. The second-order valence-corrected chi connectivity index (χ2v) is 9.19. The van der Waals surface area contributed by atoms with E-state index in [2.05, 4.69) is 19.2 Å². The lowest BCUT2D eigenvalue weighted by molar-refractivity contribution is -0.133. The van der Waals surface area contributed by atoms with Crippen LogP contribution < -0.4 is 10.7 Å². The average molecular weight is 492 g/mol. The van der Waals surface area contributed by atoms with Crippen molar-refractivity contribution in [2.24, 2.45) is 0 Å². The molecule has 7 heteroatoms. The molecule has 2 aromatic carbocycles. The number of carbonyl (C=O) groups excluding carboxylic acids is 2. The summed E-state index contributed by atoms with van der Waals surface area (Å²) in [5, 5.41) is 3.42. The second-order valence-electron chi connectivity index (χ2n) is 9.19. The molecule has 0 radical (unpaired) electrons. The maximum Gasteiger partial charge on any atom is 0.317 e. The normalized spacial score (nSPS) is 10.9. The summed E-state index contributed by atoms with van der Waals surface area (Å²) >= 11 is 0. The molecule has 0 atom stereocenters. The number of nitrogens with zero attached hydrogens (tertiary/aromatic N) is 2. The Bertz CT molecular complexity index is 1210. The van der Waals surface area contributed by atoms with E-state index in [0.29, 0.717) is 36.2 Å². The van der Waals surface area contributed by atoms with Crippen LogP contribution >= 0.6 is 0 Å². The Morgan fingerprint density at radius 1 is 0.944 bits per heavy atom. The number of urea groups is 1. The van der Waals surface area contributed by atoms with E-state index >= 15 is 0 Å². The van der Waals surface area contributed by atoms with Crippen LogP contribution in [0.25, 0.3) is 11.0 Å². The number of unbranched alkanes of at least 4 members (excludes halogenated alkanes) is 2. The Morgan fingerprint density at radius 2 is 1.69 bits per heavy atom. The van der Waals surface area contributed by atoms with Crippen LogP contribution in [0, 0.1) is 6.92 Å². The van der Waals surface area contributed by atoms with Crippen molar-refractivity contribution in [1.29, 1.82) is 0 Å². The van der Waals surface area contributed by atoms with Crippen LogP contribution in [-0.4, -0.2) is 41.4 Å². The molecule has 3 rings (SSSR count). The lowest BCUT2D eigenvalue weighted by Crippen LogP contribution is -2.47. The van der Waals surface area contributed by atoms with Gasteiger partial charge >= 0.3 is 6.03 Å². The first-order valence-electron chi connectivity index (χ1n) is 12.8. The summed E-state index contributed by atoms with van der Waals surface area (Å²) in [6.07, 6.45) is 5.03. The van der Waals surface area contributed by atoms with Crippen molar-refractivity contribution in [3.63, 3.8) is 0 Å². The number of aryl methyl sites for hydroxylation is 1. The van der Waals surface area contributed by atoms with Gasteiger partial charge in [-0.25, -0.2) is 4.79 Å². The first kappa shape index (κ1) is 27.0. The molecule has 3 amide bonds. The fourth-order valence-corrected chi connectivity index (χ4v) is 3.98. The van der Waals surface area contributed by atoms with E-state index in [-0.39, 0.29) is 30.5 Å². The van der Waals surface area contributed by atoms with E-state index < -0.39 is 0 Å². The molecule has 7 nitrogen and oxygen atoms in total. The van der Waals surface area contributed by atoms with Gasteiger partial charge in [0, 0.05) is 19.6 Å². The third-order valence-corrected chi connectivity index (χ3v) is 6.13. The Kier molecular flexibility index (Phi) is 10.1. The van der Waals surface area contributed by atoms with Gasteiger partial charge in [0.15, 0.2) is 5.43 Å². The SMILES string of the molecule is CCCCNC(=O)N(CCCC)CC(=O)N(Cc1ccccc1)Cc1coc2ccc(C)cc2c1=O. The van der Waals surface area contributed by atoms with Crippen molar-refractivity contribution in [3.8, 4) is 0 Å². The highest BCUT2D eigenvalue weighted by molar-refractivity contribution is 5.84. The van der Waals surface area contributed by atoms with E-state index in [1.807, 2.05) is 43.3 Å². The zero-order valence-electron chi connectivity index (χ0n) is 21.6. The van der Waals surface area contributed by atoms with Crippen LogP contribution in [0.15, 0.2) is 64.0 Å². The van der Waals surface area contributed by atoms with E-state index in [9.17, 15) is 14.4 Å². The van der Waals surface area contributed by atoms with Crippen LogP contribution in [0.3, 0.4) is 0 Å². The molecular formula is C29H37N3O4. The minimum absolute atomic E-state index is 0.0528. The first-order valence-corrected chi connectivity index (χ1v) is 12.8. The number of carbonyl (C=O) groups is 2. The van der Waals surface area contributed by atoms with E-state index in [0.717, 1.165) is 36.8 Å². The zero-order valence-corrected chi connectivity index (χ0v) is 21.6. The number of rotatable bonds is 12. The lowest BCUT2D eigenvalue weighted by Gasteiger charge is -2.28. The van der Waals surface area contributed by atoms with Crippen LogP contribution in [0.1, 0.15) is 56.2 Å². The van der Waals surface area contributed by atoms with Crippen molar-refractivity contribution in [3.05, 3.63) is 81.7 Å². The van der Waals surface area contributed by atoms with Gasteiger partial charge in [-0.3, -0.25) is 9.59 Å². The van der Waals surface area contributed by atoms with Gasteiger partial charge in [-0.1, -0.05) is 68.7 Å². The van der Waals surface area contributed by atoms with Gasteiger partial charge in [0.2, 0.25) is 5.91 Å². The van der Waals surface area contributed by atoms with Gasteiger partial charge in [-0.15, -0.1) is 0 Å². The molecule has 0 aliphatic heterocycles. The molecule has 0 saturated carbocycles. The summed E-state index contributed by atoms with van der Waals surface area (Å²) < 4.78 is 5.72. The Labute approximate surface area is 213 Å². The van der Waals surface area contributed by atoms with E-state index in [4.69, 9.17) is 4.42 Å². The second kappa shape index (κ2) is 13.5. The topological polar surface area (TPSA) is 82.9 Å². The summed E-state index contributed by atoms with van der Waals surface area (Å²) in [4.78, 5) is 42.8. The molecule has 0 fully saturated rings. The average Bonchev–Trinajstić information content (AvgIpc) is 2.88. The van der Waals surface area contributed by atoms with Gasteiger partial charge in [-0.2, -0.15) is 0 Å². The molecule has 1 N–H and O–H groups in total. The molecule has 0 unspecified atom stereocenters. The maximum absolute atomic E-state index is 13.6. The molecular weight excluding hydrogens is 454 g/mol. The van der Waals surface area contributed by atoms with Crippen LogP contribution in [-0.2, 0) is 17.9 Å². The monoisotopic (exact) mass is 491 g/mol. The van der Waals surface area contributed by atoms with Gasteiger partial charge in [-0.05, 0) is 37.5 Å². The summed E-state index contributed by atoms with van der Waals surface area (Å²) in [6, 6.07) is 14.9. The molecule has 0 saturated heterocycles. The Balaban J connectivity index is 1.86.